The zero-order valence-electron chi connectivity index (χ0n) is 11.0. The van der Waals surface area contributed by atoms with Gasteiger partial charge in [0.25, 0.3) is 5.69 Å². The molecule has 0 aromatic heterocycles. The molecule has 1 aromatic rings. The van der Waals surface area contributed by atoms with E-state index in [9.17, 15) is 10.1 Å². The largest absolute Gasteiger partial charge is 0.384 e. The molecule has 0 saturated heterocycles. The summed E-state index contributed by atoms with van der Waals surface area (Å²) in [4.78, 5) is 10.4. The van der Waals surface area contributed by atoms with Gasteiger partial charge in [-0.15, -0.1) is 0 Å². The van der Waals surface area contributed by atoms with Gasteiger partial charge in [0.2, 0.25) is 0 Å². The molecule has 0 amide bonds. The van der Waals surface area contributed by atoms with Gasteiger partial charge in [-0.05, 0) is 37.2 Å². The van der Waals surface area contributed by atoms with Crippen LogP contribution in [0.2, 0.25) is 0 Å². The van der Waals surface area contributed by atoms with E-state index in [-0.39, 0.29) is 10.6 Å². The quantitative estimate of drug-likeness (QED) is 0.635. The second-order valence-corrected chi connectivity index (χ2v) is 5.32. The van der Waals surface area contributed by atoms with Crippen molar-refractivity contribution in [3.8, 4) is 0 Å². The lowest BCUT2D eigenvalue weighted by Crippen LogP contribution is -2.35. The number of benzene rings is 1. The lowest BCUT2D eigenvalue weighted by molar-refractivity contribution is -0.384. The van der Waals surface area contributed by atoms with Gasteiger partial charge in [-0.1, -0.05) is 19.4 Å². The Morgan fingerprint density at radius 3 is 2.67 bits per heavy atom. The van der Waals surface area contributed by atoms with Gasteiger partial charge < -0.3 is 5.32 Å². The SMILES string of the molecule is CCC1(CNc2cc([N+](=O)[O-])ccc2C)CCC1. The lowest BCUT2D eigenvalue weighted by atomic mass is 9.67. The molecule has 0 aliphatic heterocycles. The molecule has 98 valence electrons. The molecule has 4 nitrogen and oxygen atoms in total. The summed E-state index contributed by atoms with van der Waals surface area (Å²) in [6.45, 7) is 5.12. The van der Waals surface area contributed by atoms with Crippen molar-refractivity contribution in [3.05, 3.63) is 33.9 Å². The number of hydrogen-bond donors (Lipinski definition) is 1. The number of non-ortho nitro benzene ring substituents is 1. The van der Waals surface area contributed by atoms with Crippen LogP contribution in [0.3, 0.4) is 0 Å². The van der Waals surface area contributed by atoms with Crippen LogP contribution >= 0.6 is 0 Å². The number of aryl methyl sites for hydroxylation is 1. The zero-order chi connectivity index (χ0) is 13.2. The molecular formula is C14H20N2O2. The standard InChI is InChI=1S/C14H20N2O2/c1-3-14(7-4-8-14)10-15-13-9-12(16(17)18)6-5-11(13)2/h5-6,9,15H,3-4,7-8,10H2,1-2H3. The maximum absolute atomic E-state index is 10.8. The molecule has 1 fully saturated rings. The molecule has 0 bridgehead atoms. The van der Waals surface area contributed by atoms with Crippen LogP contribution < -0.4 is 5.32 Å². The average Bonchev–Trinajstić information content (AvgIpc) is 2.30. The Bertz CT molecular complexity index is 448. The lowest BCUT2D eigenvalue weighted by Gasteiger charge is -2.41. The molecule has 0 radical (unpaired) electrons. The van der Waals surface area contributed by atoms with E-state index in [1.54, 1.807) is 18.2 Å². The van der Waals surface area contributed by atoms with Gasteiger partial charge in [-0.2, -0.15) is 0 Å². The molecule has 0 atom stereocenters. The molecule has 1 aliphatic carbocycles. The number of nitrogens with one attached hydrogen (secondary N) is 1. The molecule has 1 aliphatic rings. The molecule has 0 heterocycles. The summed E-state index contributed by atoms with van der Waals surface area (Å²) in [7, 11) is 0. The first-order valence-corrected chi connectivity index (χ1v) is 6.55. The highest BCUT2D eigenvalue weighted by molar-refractivity contribution is 5.56. The minimum Gasteiger partial charge on any atom is -0.384 e. The van der Waals surface area contributed by atoms with Gasteiger partial charge in [0.15, 0.2) is 0 Å². The number of nitro benzene ring substituents is 1. The van der Waals surface area contributed by atoms with Crippen molar-refractivity contribution in [1.29, 1.82) is 0 Å². The fraction of sp³-hybridized carbons (Fsp3) is 0.571. The zero-order valence-corrected chi connectivity index (χ0v) is 11.0. The molecule has 0 spiro atoms. The van der Waals surface area contributed by atoms with E-state index in [1.807, 2.05) is 6.92 Å². The van der Waals surface area contributed by atoms with E-state index in [0.717, 1.165) is 17.8 Å². The second-order valence-electron chi connectivity index (χ2n) is 5.32. The normalized spacial score (nSPS) is 17.0. The minimum absolute atomic E-state index is 0.155. The van der Waals surface area contributed by atoms with Crippen LogP contribution in [0.1, 0.15) is 38.2 Å². The first kappa shape index (κ1) is 12.9. The highest BCUT2D eigenvalue weighted by Gasteiger charge is 2.34. The van der Waals surface area contributed by atoms with E-state index < -0.39 is 0 Å². The third-order valence-corrected chi connectivity index (χ3v) is 4.25. The maximum atomic E-state index is 10.8. The Labute approximate surface area is 108 Å². The van der Waals surface area contributed by atoms with E-state index in [2.05, 4.69) is 12.2 Å². The molecule has 4 heteroatoms. The predicted molar refractivity (Wildman–Crippen MR) is 72.9 cm³/mol. The Kier molecular flexibility index (Phi) is 3.55. The summed E-state index contributed by atoms with van der Waals surface area (Å²) in [5.41, 5.74) is 2.52. The van der Waals surface area contributed by atoms with Crippen LogP contribution in [-0.2, 0) is 0 Å². The van der Waals surface area contributed by atoms with Crippen molar-refractivity contribution >= 4 is 11.4 Å². The van der Waals surface area contributed by atoms with Crippen molar-refractivity contribution < 1.29 is 4.92 Å². The van der Waals surface area contributed by atoms with E-state index >= 15 is 0 Å². The number of rotatable bonds is 5. The summed E-state index contributed by atoms with van der Waals surface area (Å²) in [6, 6.07) is 5.00. The van der Waals surface area contributed by atoms with Crippen molar-refractivity contribution in [1.82, 2.24) is 0 Å². The van der Waals surface area contributed by atoms with Crippen LogP contribution in [0.5, 0.6) is 0 Å². The Morgan fingerprint density at radius 2 is 2.17 bits per heavy atom. The summed E-state index contributed by atoms with van der Waals surface area (Å²) >= 11 is 0. The number of nitro groups is 1. The van der Waals surface area contributed by atoms with Crippen molar-refractivity contribution in [3.63, 3.8) is 0 Å². The maximum Gasteiger partial charge on any atom is 0.271 e. The monoisotopic (exact) mass is 248 g/mol. The first-order valence-electron chi connectivity index (χ1n) is 6.55. The van der Waals surface area contributed by atoms with Gasteiger partial charge >= 0.3 is 0 Å². The highest BCUT2D eigenvalue weighted by Crippen LogP contribution is 2.43. The third-order valence-electron chi connectivity index (χ3n) is 4.25. The fourth-order valence-corrected chi connectivity index (χ4v) is 2.53. The molecule has 1 saturated carbocycles. The van der Waals surface area contributed by atoms with Gasteiger partial charge in [0.05, 0.1) is 4.92 Å². The van der Waals surface area contributed by atoms with Crippen LogP contribution in [0.15, 0.2) is 18.2 Å². The van der Waals surface area contributed by atoms with Gasteiger partial charge in [-0.25, -0.2) is 0 Å². The van der Waals surface area contributed by atoms with Gasteiger partial charge in [-0.3, -0.25) is 10.1 Å². The predicted octanol–water partition coefficient (Wildman–Crippen LogP) is 3.90. The van der Waals surface area contributed by atoms with E-state index in [4.69, 9.17) is 0 Å². The Morgan fingerprint density at radius 1 is 1.44 bits per heavy atom. The van der Waals surface area contributed by atoms with Crippen LogP contribution in [0, 0.1) is 22.5 Å². The van der Waals surface area contributed by atoms with Crippen LogP contribution in [-0.4, -0.2) is 11.5 Å². The summed E-state index contributed by atoms with van der Waals surface area (Å²) in [5.74, 6) is 0. The molecule has 0 unspecified atom stereocenters. The Balaban J connectivity index is 2.08. The van der Waals surface area contributed by atoms with Crippen LogP contribution in [0.4, 0.5) is 11.4 Å². The summed E-state index contributed by atoms with van der Waals surface area (Å²) < 4.78 is 0. The Hall–Kier alpha value is -1.58. The van der Waals surface area contributed by atoms with E-state index in [0.29, 0.717) is 5.41 Å². The average molecular weight is 248 g/mol. The topological polar surface area (TPSA) is 55.2 Å². The molecule has 1 N–H and O–H groups in total. The fourth-order valence-electron chi connectivity index (χ4n) is 2.53. The molecule has 2 rings (SSSR count). The van der Waals surface area contributed by atoms with Gasteiger partial charge in [0, 0.05) is 24.4 Å². The highest BCUT2D eigenvalue weighted by atomic mass is 16.6. The van der Waals surface area contributed by atoms with Crippen molar-refractivity contribution in [2.75, 3.05) is 11.9 Å². The van der Waals surface area contributed by atoms with E-state index in [1.165, 1.54) is 25.7 Å². The minimum atomic E-state index is -0.344. The molecular weight excluding hydrogens is 228 g/mol. The van der Waals surface area contributed by atoms with Crippen LogP contribution in [0.25, 0.3) is 0 Å². The first-order chi connectivity index (χ1) is 8.56. The summed E-state index contributed by atoms with van der Waals surface area (Å²) in [6.07, 6.45) is 5.02. The third kappa shape index (κ3) is 2.47. The summed E-state index contributed by atoms with van der Waals surface area (Å²) in [5, 5.41) is 14.2. The number of nitrogens with zero attached hydrogens (tertiary/aromatic N) is 1. The number of anilines is 1. The number of hydrogen-bond acceptors (Lipinski definition) is 3. The van der Waals surface area contributed by atoms with Gasteiger partial charge in [0.1, 0.15) is 0 Å². The van der Waals surface area contributed by atoms with Crippen molar-refractivity contribution in [2.45, 2.75) is 39.5 Å². The molecule has 18 heavy (non-hydrogen) atoms. The van der Waals surface area contributed by atoms with Crippen molar-refractivity contribution in [2.24, 2.45) is 5.41 Å². The molecule has 1 aromatic carbocycles. The second kappa shape index (κ2) is 4.96. The smallest absolute Gasteiger partial charge is 0.271 e.